The standard InChI is InChI=1S/C24H27FINO4/c1-2-30-24-20(4-3-13-28)21(17-7-11-19(26)12-8-17)14-22(31-24)23(29)27-15-16-5-9-18(25)10-6-16/h5-12,14,20-21,24,28H,2-4,13,15H2,1H3,(H,27,29)/t20-,21+,24+/m0/s1. The molecule has 3 rings (SSSR count). The minimum Gasteiger partial charge on any atom is -0.459 e. The second kappa shape index (κ2) is 11.6. The Labute approximate surface area is 195 Å². The second-order valence-electron chi connectivity index (χ2n) is 7.39. The predicted octanol–water partition coefficient (Wildman–Crippen LogP) is 4.50. The largest absolute Gasteiger partial charge is 0.459 e. The Kier molecular flexibility index (Phi) is 8.86. The Hall–Kier alpha value is -1.97. The SMILES string of the molecule is CCO[C@@H]1OC(C(=O)NCc2ccc(F)cc2)=C[C@H](c2ccc(I)cc2)[C@@H]1CCCO. The van der Waals surface area contributed by atoms with E-state index >= 15 is 0 Å². The molecule has 0 fully saturated rings. The molecule has 166 valence electrons. The van der Waals surface area contributed by atoms with Gasteiger partial charge in [-0.1, -0.05) is 24.3 Å². The summed E-state index contributed by atoms with van der Waals surface area (Å²) < 4.78 is 26.0. The third kappa shape index (κ3) is 6.51. The van der Waals surface area contributed by atoms with Gasteiger partial charge in [-0.2, -0.15) is 0 Å². The summed E-state index contributed by atoms with van der Waals surface area (Å²) in [5.74, 6) is -0.557. The van der Waals surface area contributed by atoms with Crippen LogP contribution in [0.3, 0.4) is 0 Å². The van der Waals surface area contributed by atoms with Crippen LogP contribution in [-0.2, 0) is 20.8 Å². The van der Waals surface area contributed by atoms with Gasteiger partial charge in [0.15, 0.2) is 5.76 Å². The number of aliphatic hydroxyl groups is 1. The molecule has 0 aromatic heterocycles. The van der Waals surface area contributed by atoms with E-state index in [-0.39, 0.29) is 42.5 Å². The number of benzene rings is 2. The number of hydrogen-bond acceptors (Lipinski definition) is 4. The van der Waals surface area contributed by atoms with Crippen molar-refractivity contribution in [1.82, 2.24) is 5.32 Å². The number of ether oxygens (including phenoxy) is 2. The highest BCUT2D eigenvalue weighted by molar-refractivity contribution is 14.1. The van der Waals surface area contributed by atoms with Crippen molar-refractivity contribution in [2.24, 2.45) is 5.92 Å². The second-order valence-corrected chi connectivity index (χ2v) is 8.63. The van der Waals surface area contributed by atoms with Gasteiger partial charge in [-0.25, -0.2) is 4.39 Å². The van der Waals surface area contributed by atoms with Crippen molar-refractivity contribution in [3.05, 3.63) is 80.9 Å². The monoisotopic (exact) mass is 539 g/mol. The van der Waals surface area contributed by atoms with Gasteiger partial charge in [0, 0.05) is 35.2 Å². The number of halogens is 2. The Morgan fingerprint density at radius 2 is 1.90 bits per heavy atom. The minimum atomic E-state index is -0.586. The summed E-state index contributed by atoms with van der Waals surface area (Å²) in [6, 6.07) is 14.2. The van der Waals surface area contributed by atoms with E-state index in [4.69, 9.17) is 9.47 Å². The molecule has 1 amide bonds. The molecule has 31 heavy (non-hydrogen) atoms. The van der Waals surface area contributed by atoms with Crippen molar-refractivity contribution >= 4 is 28.5 Å². The molecule has 0 bridgehead atoms. The molecule has 0 saturated heterocycles. The Balaban J connectivity index is 1.83. The molecule has 0 spiro atoms. The van der Waals surface area contributed by atoms with Crippen molar-refractivity contribution in [2.45, 2.75) is 38.5 Å². The molecule has 0 saturated carbocycles. The fourth-order valence-corrected chi connectivity index (χ4v) is 4.06. The van der Waals surface area contributed by atoms with Gasteiger partial charge in [0.1, 0.15) is 5.82 Å². The number of nitrogens with one attached hydrogen (secondary N) is 1. The van der Waals surface area contributed by atoms with Crippen LogP contribution in [-0.4, -0.2) is 30.5 Å². The van der Waals surface area contributed by atoms with E-state index in [9.17, 15) is 14.3 Å². The molecule has 0 aliphatic carbocycles. The maximum Gasteiger partial charge on any atom is 0.286 e. The van der Waals surface area contributed by atoms with Gasteiger partial charge < -0.3 is 19.9 Å². The van der Waals surface area contributed by atoms with E-state index in [2.05, 4.69) is 40.0 Å². The van der Waals surface area contributed by atoms with Crippen LogP contribution in [0.15, 0.2) is 60.4 Å². The highest BCUT2D eigenvalue weighted by Gasteiger charge is 2.37. The molecule has 5 nitrogen and oxygen atoms in total. The summed E-state index contributed by atoms with van der Waals surface area (Å²) >= 11 is 2.26. The van der Waals surface area contributed by atoms with Gasteiger partial charge in [0.05, 0.1) is 0 Å². The Morgan fingerprint density at radius 3 is 2.55 bits per heavy atom. The van der Waals surface area contributed by atoms with Crippen LogP contribution in [0.4, 0.5) is 4.39 Å². The maximum atomic E-state index is 13.1. The van der Waals surface area contributed by atoms with Gasteiger partial charge in [-0.3, -0.25) is 4.79 Å². The summed E-state index contributed by atoms with van der Waals surface area (Å²) in [7, 11) is 0. The van der Waals surface area contributed by atoms with E-state index in [1.807, 2.05) is 25.1 Å². The highest BCUT2D eigenvalue weighted by atomic mass is 127. The number of carbonyl (C=O) groups is 1. The van der Waals surface area contributed by atoms with E-state index in [0.29, 0.717) is 19.4 Å². The van der Waals surface area contributed by atoms with Crippen LogP contribution in [0, 0.1) is 15.3 Å². The molecule has 2 N–H and O–H groups in total. The zero-order chi connectivity index (χ0) is 22.2. The molecule has 1 aliphatic rings. The fourth-order valence-electron chi connectivity index (χ4n) is 3.70. The lowest BCUT2D eigenvalue weighted by atomic mass is 9.80. The number of amides is 1. The zero-order valence-corrected chi connectivity index (χ0v) is 19.5. The maximum absolute atomic E-state index is 13.1. The predicted molar refractivity (Wildman–Crippen MR) is 125 cm³/mol. The quantitative estimate of drug-likeness (QED) is 0.461. The van der Waals surface area contributed by atoms with Crippen molar-refractivity contribution in [3.8, 4) is 0 Å². The summed E-state index contributed by atoms with van der Waals surface area (Å²) in [5, 5.41) is 12.2. The van der Waals surface area contributed by atoms with Crippen LogP contribution < -0.4 is 5.32 Å². The first-order chi connectivity index (χ1) is 15.0. The van der Waals surface area contributed by atoms with E-state index in [0.717, 1.165) is 14.7 Å². The molecule has 2 aromatic carbocycles. The normalized spacial score (nSPS) is 20.6. The highest BCUT2D eigenvalue weighted by Crippen LogP contribution is 2.39. The van der Waals surface area contributed by atoms with Crippen molar-refractivity contribution in [1.29, 1.82) is 0 Å². The summed E-state index contributed by atoms with van der Waals surface area (Å²) in [6.45, 7) is 2.69. The lowest BCUT2D eigenvalue weighted by Crippen LogP contribution is -2.39. The average molecular weight is 539 g/mol. The van der Waals surface area contributed by atoms with Crippen LogP contribution in [0.5, 0.6) is 0 Å². The number of carbonyl (C=O) groups excluding carboxylic acids is 1. The van der Waals surface area contributed by atoms with E-state index < -0.39 is 6.29 Å². The van der Waals surface area contributed by atoms with Crippen LogP contribution in [0.1, 0.15) is 36.8 Å². The number of allylic oxidation sites excluding steroid dienone is 1. The van der Waals surface area contributed by atoms with E-state index in [1.165, 1.54) is 12.1 Å². The molecular weight excluding hydrogens is 512 g/mol. The zero-order valence-electron chi connectivity index (χ0n) is 17.4. The molecule has 2 aromatic rings. The van der Waals surface area contributed by atoms with E-state index in [1.54, 1.807) is 12.1 Å². The summed E-state index contributed by atoms with van der Waals surface area (Å²) in [5.41, 5.74) is 1.86. The number of hydrogen-bond donors (Lipinski definition) is 2. The number of rotatable bonds is 9. The van der Waals surface area contributed by atoms with Gasteiger partial charge in [0.2, 0.25) is 6.29 Å². The van der Waals surface area contributed by atoms with Crippen molar-refractivity contribution in [2.75, 3.05) is 13.2 Å². The van der Waals surface area contributed by atoms with Gasteiger partial charge in [0.25, 0.3) is 5.91 Å². The molecule has 3 atom stereocenters. The number of aliphatic hydroxyl groups excluding tert-OH is 1. The third-order valence-corrected chi connectivity index (χ3v) is 5.98. The summed E-state index contributed by atoms with van der Waals surface area (Å²) in [4.78, 5) is 12.9. The lowest BCUT2D eigenvalue weighted by molar-refractivity contribution is -0.166. The molecule has 0 unspecified atom stereocenters. The van der Waals surface area contributed by atoms with Gasteiger partial charge in [-0.05, 0) is 83.8 Å². The first-order valence-electron chi connectivity index (χ1n) is 10.4. The first kappa shape index (κ1) is 23.7. The first-order valence-corrected chi connectivity index (χ1v) is 11.5. The molecule has 1 aliphatic heterocycles. The molecule has 0 radical (unpaired) electrons. The molecule has 7 heteroatoms. The van der Waals surface area contributed by atoms with Crippen molar-refractivity contribution < 1.29 is 23.8 Å². The Bertz CT molecular complexity index is 885. The van der Waals surface area contributed by atoms with Crippen LogP contribution in [0.25, 0.3) is 0 Å². The van der Waals surface area contributed by atoms with Crippen molar-refractivity contribution in [3.63, 3.8) is 0 Å². The van der Waals surface area contributed by atoms with Gasteiger partial charge in [-0.15, -0.1) is 0 Å². The molecular formula is C24H27FINO4. The topological polar surface area (TPSA) is 67.8 Å². The van der Waals surface area contributed by atoms with Gasteiger partial charge >= 0.3 is 0 Å². The Morgan fingerprint density at radius 1 is 1.19 bits per heavy atom. The van der Waals surface area contributed by atoms with Crippen LogP contribution >= 0.6 is 22.6 Å². The third-order valence-electron chi connectivity index (χ3n) is 5.26. The molecule has 1 heterocycles. The smallest absolute Gasteiger partial charge is 0.286 e. The average Bonchev–Trinajstić information content (AvgIpc) is 2.78. The summed E-state index contributed by atoms with van der Waals surface area (Å²) in [6.07, 6.45) is 2.59. The fraction of sp³-hybridized carbons (Fsp3) is 0.375. The minimum absolute atomic E-state index is 0.0270. The van der Waals surface area contributed by atoms with Crippen LogP contribution in [0.2, 0.25) is 0 Å². The lowest BCUT2D eigenvalue weighted by Gasteiger charge is -2.37.